The number of allylic oxidation sites excluding steroid dienone is 1. The Labute approximate surface area is 78.7 Å². The van der Waals surface area contributed by atoms with Gasteiger partial charge in [-0.1, -0.05) is 19.8 Å². The van der Waals surface area contributed by atoms with Gasteiger partial charge in [-0.25, -0.2) is 5.06 Å². The van der Waals surface area contributed by atoms with Crippen molar-refractivity contribution < 1.29 is 5.21 Å². The Bertz CT molecular complexity index is 213. The van der Waals surface area contributed by atoms with Crippen LogP contribution in [0, 0.1) is 0 Å². The van der Waals surface area contributed by atoms with Crippen LogP contribution in [0.3, 0.4) is 0 Å². The highest BCUT2D eigenvalue weighted by atomic mass is 16.5. The fourth-order valence-corrected chi connectivity index (χ4v) is 1.23. The molecule has 0 aliphatic carbocycles. The van der Waals surface area contributed by atoms with E-state index in [-0.39, 0.29) is 0 Å². The lowest BCUT2D eigenvalue weighted by Gasteiger charge is -2.21. The van der Waals surface area contributed by atoms with E-state index in [1.54, 1.807) is 12.4 Å². The van der Waals surface area contributed by atoms with E-state index in [0.29, 0.717) is 0 Å². The van der Waals surface area contributed by atoms with E-state index >= 15 is 0 Å². The summed E-state index contributed by atoms with van der Waals surface area (Å²) in [5.74, 6) is 0. The first-order valence-electron chi connectivity index (χ1n) is 4.70. The molecule has 0 aromatic rings. The van der Waals surface area contributed by atoms with Gasteiger partial charge in [-0.3, -0.25) is 15.9 Å². The van der Waals surface area contributed by atoms with Gasteiger partial charge in [0.1, 0.15) is 0 Å². The average Bonchev–Trinajstić information content (AvgIpc) is 2.12. The molecule has 0 saturated carbocycles. The summed E-state index contributed by atoms with van der Waals surface area (Å²) in [5.41, 5.74) is 6.47. The highest BCUT2D eigenvalue weighted by Gasteiger charge is 2.10. The number of hydrogen-bond acceptors (Lipinski definition) is 4. The third-order valence-corrected chi connectivity index (χ3v) is 2.03. The Morgan fingerprint density at radius 2 is 2.38 bits per heavy atom. The third kappa shape index (κ3) is 3.16. The first kappa shape index (κ1) is 10.2. The zero-order valence-electron chi connectivity index (χ0n) is 7.98. The van der Waals surface area contributed by atoms with Crippen molar-refractivity contribution in [2.45, 2.75) is 38.9 Å². The van der Waals surface area contributed by atoms with Gasteiger partial charge in [0.15, 0.2) is 6.29 Å². The molecule has 13 heavy (non-hydrogen) atoms. The molecule has 4 heteroatoms. The smallest absolute Gasteiger partial charge is 0.196 e. The van der Waals surface area contributed by atoms with Crippen LogP contribution in [0.4, 0.5) is 0 Å². The quantitative estimate of drug-likeness (QED) is 0.649. The van der Waals surface area contributed by atoms with Crippen LogP contribution in [0.5, 0.6) is 0 Å². The molecule has 0 radical (unpaired) electrons. The minimum Gasteiger partial charge on any atom is -0.291 e. The molecule has 0 bridgehead atoms. The van der Waals surface area contributed by atoms with E-state index in [1.165, 1.54) is 12.8 Å². The van der Waals surface area contributed by atoms with Crippen molar-refractivity contribution in [3.8, 4) is 0 Å². The Morgan fingerprint density at radius 1 is 1.62 bits per heavy atom. The van der Waals surface area contributed by atoms with Crippen LogP contribution in [0.25, 0.3) is 0 Å². The SMILES string of the molecule is CCCCCC1=CN(O)C(N)N=C1. The second-order valence-electron chi connectivity index (χ2n) is 3.23. The summed E-state index contributed by atoms with van der Waals surface area (Å²) in [4.78, 5) is 3.93. The topological polar surface area (TPSA) is 61.8 Å². The summed E-state index contributed by atoms with van der Waals surface area (Å²) < 4.78 is 0. The van der Waals surface area contributed by atoms with Gasteiger partial charge in [0, 0.05) is 12.4 Å². The standard InChI is InChI=1S/C9H17N3O/c1-2-3-4-5-8-6-11-9(10)12(13)7-8/h6-7,9,13H,2-5,10H2,1H3. The first-order valence-corrected chi connectivity index (χ1v) is 4.70. The molecule has 1 aliphatic rings. The molecular formula is C9H17N3O. The van der Waals surface area contributed by atoms with Gasteiger partial charge in [0.05, 0.1) is 0 Å². The monoisotopic (exact) mass is 183 g/mol. The second-order valence-corrected chi connectivity index (χ2v) is 3.23. The van der Waals surface area contributed by atoms with Crippen LogP contribution in [0.2, 0.25) is 0 Å². The molecule has 0 fully saturated rings. The van der Waals surface area contributed by atoms with Crippen molar-refractivity contribution >= 4 is 6.21 Å². The van der Waals surface area contributed by atoms with Gasteiger partial charge < -0.3 is 0 Å². The molecule has 4 nitrogen and oxygen atoms in total. The number of nitrogens with two attached hydrogens (primary N) is 1. The number of hydrogen-bond donors (Lipinski definition) is 2. The molecule has 3 N–H and O–H groups in total. The van der Waals surface area contributed by atoms with E-state index < -0.39 is 6.29 Å². The van der Waals surface area contributed by atoms with Gasteiger partial charge in [0.2, 0.25) is 0 Å². The first-order chi connectivity index (χ1) is 6.24. The molecule has 0 amide bonds. The molecule has 0 saturated heterocycles. The van der Waals surface area contributed by atoms with E-state index in [2.05, 4.69) is 11.9 Å². The zero-order chi connectivity index (χ0) is 9.68. The molecule has 1 heterocycles. The summed E-state index contributed by atoms with van der Waals surface area (Å²) in [5, 5.41) is 10.2. The van der Waals surface area contributed by atoms with Crippen molar-refractivity contribution in [3.05, 3.63) is 11.8 Å². The van der Waals surface area contributed by atoms with Crippen LogP contribution < -0.4 is 5.73 Å². The third-order valence-electron chi connectivity index (χ3n) is 2.03. The van der Waals surface area contributed by atoms with Gasteiger partial charge in [-0.05, 0) is 18.4 Å². The molecule has 0 spiro atoms. The minimum atomic E-state index is -0.630. The molecule has 0 aromatic carbocycles. The maximum atomic E-state index is 9.22. The van der Waals surface area contributed by atoms with Crippen LogP contribution >= 0.6 is 0 Å². The fourth-order valence-electron chi connectivity index (χ4n) is 1.23. The van der Waals surface area contributed by atoms with Crippen LogP contribution in [-0.2, 0) is 0 Å². The van der Waals surface area contributed by atoms with Gasteiger partial charge in [-0.2, -0.15) is 0 Å². The maximum Gasteiger partial charge on any atom is 0.196 e. The van der Waals surface area contributed by atoms with Crippen LogP contribution in [0.15, 0.2) is 16.8 Å². The number of rotatable bonds is 4. The highest BCUT2D eigenvalue weighted by molar-refractivity contribution is 5.79. The van der Waals surface area contributed by atoms with Crippen molar-refractivity contribution in [1.29, 1.82) is 0 Å². The molecule has 1 aliphatic heterocycles. The largest absolute Gasteiger partial charge is 0.291 e. The van der Waals surface area contributed by atoms with Gasteiger partial charge in [0.25, 0.3) is 0 Å². The lowest BCUT2D eigenvalue weighted by atomic mass is 10.1. The van der Waals surface area contributed by atoms with Crippen LogP contribution in [-0.4, -0.2) is 22.8 Å². The van der Waals surface area contributed by atoms with Crippen molar-refractivity contribution in [1.82, 2.24) is 5.06 Å². The Balaban J connectivity index is 2.35. The number of hydroxylamine groups is 2. The number of nitrogens with zero attached hydrogens (tertiary/aromatic N) is 2. The van der Waals surface area contributed by atoms with Crippen molar-refractivity contribution in [3.63, 3.8) is 0 Å². The summed E-state index contributed by atoms with van der Waals surface area (Å²) in [6.07, 6.45) is 7.27. The summed E-state index contributed by atoms with van der Waals surface area (Å²) in [6.45, 7) is 2.16. The Hall–Kier alpha value is -0.870. The van der Waals surface area contributed by atoms with Crippen LogP contribution in [0.1, 0.15) is 32.6 Å². The van der Waals surface area contributed by atoms with Gasteiger partial charge >= 0.3 is 0 Å². The average molecular weight is 183 g/mol. The second kappa shape index (κ2) is 4.99. The molecule has 1 rings (SSSR count). The lowest BCUT2D eigenvalue weighted by molar-refractivity contribution is -0.0763. The van der Waals surface area contributed by atoms with Gasteiger partial charge in [-0.15, -0.1) is 0 Å². The van der Waals surface area contributed by atoms with E-state index in [9.17, 15) is 5.21 Å². The predicted octanol–water partition coefficient (Wildman–Crippen LogP) is 1.47. The molecule has 1 unspecified atom stereocenters. The summed E-state index contributed by atoms with van der Waals surface area (Å²) in [7, 11) is 0. The fraction of sp³-hybridized carbons (Fsp3) is 0.667. The molecule has 74 valence electrons. The van der Waals surface area contributed by atoms with E-state index in [0.717, 1.165) is 23.5 Å². The maximum absolute atomic E-state index is 9.22. The van der Waals surface area contributed by atoms with Crippen molar-refractivity contribution in [2.24, 2.45) is 10.7 Å². The highest BCUT2D eigenvalue weighted by Crippen LogP contribution is 2.11. The summed E-state index contributed by atoms with van der Waals surface area (Å²) in [6, 6.07) is 0. The molecule has 0 aromatic heterocycles. The molecular weight excluding hydrogens is 166 g/mol. The normalized spacial score (nSPS) is 21.9. The summed E-state index contributed by atoms with van der Waals surface area (Å²) >= 11 is 0. The minimum absolute atomic E-state index is 0.630. The molecule has 1 atom stereocenters. The Kier molecular flexibility index (Phi) is 3.92. The van der Waals surface area contributed by atoms with E-state index in [1.807, 2.05) is 0 Å². The zero-order valence-corrected chi connectivity index (χ0v) is 7.98. The lowest BCUT2D eigenvalue weighted by Crippen LogP contribution is -2.36. The van der Waals surface area contributed by atoms with Crippen molar-refractivity contribution in [2.75, 3.05) is 0 Å². The predicted molar refractivity (Wildman–Crippen MR) is 52.3 cm³/mol. The Morgan fingerprint density at radius 3 is 3.00 bits per heavy atom. The van der Waals surface area contributed by atoms with E-state index in [4.69, 9.17) is 5.73 Å². The number of aliphatic imine (C=N–C) groups is 1. The number of unbranched alkanes of at least 4 members (excludes halogenated alkanes) is 2.